The van der Waals surface area contributed by atoms with E-state index in [1.165, 1.54) is 0 Å². The lowest BCUT2D eigenvalue weighted by Crippen LogP contribution is -2.44. The van der Waals surface area contributed by atoms with Crippen LogP contribution in [0, 0.1) is 6.92 Å². The number of aromatic amines is 1. The van der Waals surface area contributed by atoms with Gasteiger partial charge in [-0.3, -0.25) is 9.89 Å². The highest BCUT2D eigenvalue weighted by Crippen LogP contribution is 2.51. The van der Waals surface area contributed by atoms with E-state index in [2.05, 4.69) is 33.3 Å². The van der Waals surface area contributed by atoms with Crippen molar-refractivity contribution < 1.29 is 9.53 Å². The molecular weight excluding hydrogens is 314 g/mol. The van der Waals surface area contributed by atoms with Gasteiger partial charge >= 0.3 is 0 Å². The summed E-state index contributed by atoms with van der Waals surface area (Å²) in [7, 11) is 1.69. The summed E-state index contributed by atoms with van der Waals surface area (Å²) < 4.78 is 5.46. The molecule has 132 valence electrons. The number of H-pyrrole nitrogens is 1. The third-order valence-corrected chi connectivity index (χ3v) is 5.79. The van der Waals surface area contributed by atoms with E-state index in [-0.39, 0.29) is 11.3 Å². The molecule has 2 heterocycles. The highest BCUT2D eigenvalue weighted by molar-refractivity contribution is 5.91. The standard InChI is InChI=1S/C20H25N3O2/c1-14-5-6-16(12-18(14)25-2)20(8-9-20)19(24)23-11-3-4-15(13-23)17-7-10-21-22-17/h5-7,10,12,15H,3-4,8-9,11,13H2,1-2H3,(H,21,22)/t15-/m1/s1. The molecule has 1 aromatic heterocycles. The fourth-order valence-electron chi connectivity index (χ4n) is 4.08. The number of benzene rings is 1. The van der Waals surface area contributed by atoms with Gasteiger partial charge in [-0.15, -0.1) is 0 Å². The van der Waals surface area contributed by atoms with Crippen molar-refractivity contribution in [1.82, 2.24) is 15.1 Å². The molecule has 0 bridgehead atoms. The van der Waals surface area contributed by atoms with Crippen LogP contribution in [0.5, 0.6) is 5.75 Å². The number of aryl methyl sites for hydroxylation is 1. The van der Waals surface area contributed by atoms with Crippen LogP contribution in [0.4, 0.5) is 0 Å². The van der Waals surface area contributed by atoms with Crippen LogP contribution in [0.2, 0.25) is 0 Å². The van der Waals surface area contributed by atoms with Gasteiger partial charge in [0.1, 0.15) is 5.75 Å². The number of likely N-dealkylation sites (tertiary alicyclic amines) is 1. The normalized spacial score (nSPS) is 21.8. The maximum atomic E-state index is 13.3. The van der Waals surface area contributed by atoms with E-state index in [4.69, 9.17) is 4.74 Å². The number of carbonyl (C=O) groups is 1. The Morgan fingerprint density at radius 2 is 2.20 bits per heavy atom. The first kappa shape index (κ1) is 16.2. The Kier molecular flexibility index (Phi) is 4.02. The molecule has 5 nitrogen and oxygen atoms in total. The average Bonchev–Trinajstić information content (AvgIpc) is 3.27. The van der Waals surface area contributed by atoms with Gasteiger partial charge < -0.3 is 9.64 Å². The maximum Gasteiger partial charge on any atom is 0.233 e. The van der Waals surface area contributed by atoms with Gasteiger partial charge in [-0.05, 0) is 55.9 Å². The van der Waals surface area contributed by atoms with Crippen LogP contribution < -0.4 is 4.74 Å². The monoisotopic (exact) mass is 339 g/mol. The minimum Gasteiger partial charge on any atom is -0.496 e. The molecule has 1 saturated carbocycles. The Labute approximate surface area is 148 Å². The van der Waals surface area contributed by atoms with Crippen LogP contribution in [0.3, 0.4) is 0 Å². The predicted octanol–water partition coefficient (Wildman–Crippen LogP) is 3.16. The molecule has 0 spiro atoms. The van der Waals surface area contributed by atoms with Crippen LogP contribution in [0.15, 0.2) is 30.5 Å². The van der Waals surface area contributed by atoms with E-state index in [0.29, 0.717) is 5.92 Å². The van der Waals surface area contributed by atoms with Crippen molar-refractivity contribution in [3.63, 3.8) is 0 Å². The van der Waals surface area contributed by atoms with Gasteiger partial charge in [0.25, 0.3) is 0 Å². The van der Waals surface area contributed by atoms with Crippen LogP contribution in [-0.4, -0.2) is 41.2 Å². The summed E-state index contributed by atoms with van der Waals surface area (Å²) in [5.74, 6) is 1.51. The molecule has 1 amide bonds. The van der Waals surface area contributed by atoms with Crippen LogP contribution >= 0.6 is 0 Å². The number of hydrogen-bond acceptors (Lipinski definition) is 3. The second-order valence-corrected chi connectivity index (χ2v) is 7.37. The molecular formula is C20H25N3O2. The Bertz CT molecular complexity index is 765. The van der Waals surface area contributed by atoms with E-state index in [9.17, 15) is 4.79 Å². The maximum absolute atomic E-state index is 13.3. The summed E-state index contributed by atoms with van der Waals surface area (Å²) in [5.41, 5.74) is 3.01. The second kappa shape index (κ2) is 6.21. The number of rotatable bonds is 4. The molecule has 2 fully saturated rings. The lowest BCUT2D eigenvalue weighted by molar-refractivity contribution is -0.135. The first-order chi connectivity index (χ1) is 12.1. The van der Waals surface area contributed by atoms with E-state index < -0.39 is 0 Å². The summed E-state index contributed by atoms with van der Waals surface area (Å²) in [4.78, 5) is 15.4. The van der Waals surface area contributed by atoms with Crippen LogP contribution in [-0.2, 0) is 10.2 Å². The SMILES string of the molecule is COc1cc(C2(C(=O)N3CCC[C@@H](c4ccn[nH]4)C3)CC2)ccc1C. The zero-order valence-corrected chi connectivity index (χ0v) is 14.9. The summed E-state index contributed by atoms with van der Waals surface area (Å²) in [6.45, 7) is 3.67. The number of aromatic nitrogens is 2. The third kappa shape index (κ3) is 2.81. The highest BCUT2D eigenvalue weighted by Gasteiger charge is 2.53. The first-order valence-corrected chi connectivity index (χ1v) is 9.08. The van der Waals surface area contributed by atoms with Gasteiger partial charge in [-0.25, -0.2) is 0 Å². The molecule has 0 unspecified atom stereocenters. The lowest BCUT2D eigenvalue weighted by Gasteiger charge is -2.35. The molecule has 1 aromatic carbocycles. The molecule has 0 radical (unpaired) electrons. The summed E-state index contributed by atoms with van der Waals surface area (Å²) >= 11 is 0. The van der Waals surface area contributed by atoms with Gasteiger partial charge in [0.2, 0.25) is 5.91 Å². The quantitative estimate of drug-likeness (QED) is 0.931. The Morgan fingerprint density at radius 1 is 1.36 bits per heavy atom. The van der Waals surface area contributed by atoms with Crippen molar-refractivity contribution in [2.75, 3.05) is 20.2 Å². The van der Waals surface area contributed by atoms with Crippen molar-refractivity contribution in [2.24, 2.45) is 0 Å². The van der Waals surface area contributed by atoms with E-state index in [0.717, 1.165) is 61.3 Å². The largest absolute Gasteiger partial charge is 0.496 e. The number of piperidine rings is 1. The first-order valence-electron chi connectivity index (χ1n) is 9.08. The number of methoxy groups -OCH3 is 1. The number of carbonyl (C=O) groups excluding carboxylic acids is 1. The molecule has 1 N–H and O–H groups in total. The fraction of sp³-hybridized carbons (Fsp3) is 0.500. The molecule has 25 heavy (non-hydrogen) atoms. The van der Waals surface area contributed by atoms with Gasteiger partial charge in [-0.1, -0.05) is 12.1 Å². The van der Waals surface area contributed by atoms with Crippen LogP contribution in [0.25, 0.3) is 0 Å². The zero-order chi connectivity index (χ0) is 17.4. The number of hydrogen-bond donors (Lipinski definition) is 1. The average molecular weight is 339 g/mol. The van der Waals surface area contributed by atoms with Crippen molar-refractivity contribution in [1.29, 1.82) is 0 Å². The zero-order valence-electron chi connectivity index (χ0n) is 14.9. The molecule has 1 atom stereocenters. The van der Waals surface area contributed by atoms with Crippen LogP contribution in [0.1, 0.15) is 48.4 Å². The second-order valence-electron chi connectivity index (χ2n) is 7.37. The topological polar surface area (TPSA) is 58.2 Å². The molecule has 2 aromatic rings. The smallest absolute Gasteiger partial charge is 0.233 e. The number of amides is 1. The van der Waals surface area contributed by atoms with E-state index >= 15 is 0 Å². The minimum absolute atomic E-state index is 0.280. The summed E-state index contributed by atoms with van der Waals surface area (Å²) in [5, 5.41) is 7.13. The van der Waals surface area contributed by atoms with Crippen molar-refractivity contribution >= 4 is 5.91 Å². The Morgan fingerprint density at radius 3 is 2.88 bits per heavy atom. The minimum atomic E-state index is -0.336. The van der Waals surface area contributed by atoms with Gasteiger partial charge in [-0.2, -0.15) is 5.10 Å². The van der Waals surface area contributed by atoms with Gasteiger partial charge in [0, 0.05) is 30.9 Å². The van der Waals surface area contributed by atoms with Crippen molar-refractivity contribution in [2.45, 2.75) is 43.9 Å². The van der Waals surface area contributed by atoms with Gasteiger partial charge in [0.15, 0.2) is 0 Å². The fourth-order valence-corrected chi connectivity index (χ4v) is 4.08. The summed E-state index contributed by atoms with van der Waals surface area (Å²) in [6, 6.07) is 8.23. The molecule has 4 rings (SSSR count). The summed E-state index contributed by atoms with van der Waals surface area (Å²) in [6.07, 6.45) is 5.81. The van der Waals surface area contributed by atoms with Crippen molar-refractivity contribution in [3.05, 3.63) is 47.3 Å². The molecule has 5 heteroatoms. The highest BCUT2D eigenvalue weighted by atomic mass is 16.5. The van der Waals surface area contributed by atoms with E-state index in [1.54, 1.807) is 13.3 Å². The van der Waals surface area contributed by atoms with Crippen molar-refractivity contribution in [3.8, 4) is 5.75 Å². The molecule has 2 aliphatic rings. The molecule has 1 saturated heterocycles. The van der Waals surface area contributed by atoms with E-state index in [1.807, 2.05) is 13.0 Å². The predicted molar refractivity (Wildman–Crippen MR) is 95.8 cm³/mol. The third-order valence-electron chi connectivity index (χ3n) is 5.79. The molecule has 1 aliphatic heterocycles. The Hall–Kier alpha value is -2.30. The number of nitrogens with zero attached hydrogens (tertiary/aromatic N) is 2. The lowest BCUT2D eigenvalue weighted by atomic mass is 9.90. The number of nitrogens with one attached hydrogen (secondary N) is 1. The molecule has 1 aliphatic carbocycles. The number of ether oxygens (including phenoxy) is 1. The van der Waals surface area contributed by atoms with Gasteiger partial charge in [0.05, 0.1) is 12.5 Å². The Balaban J connectivity index is 1.55.